The van der Waals surface area contributed by atoms with Crippen LogP contribution in [0.4, 0.5) is 8.78 Å². The normalized spacial score (nSPS) is 12.6. The smallest absolute Gasteiger partial charge is 0.387 e. The molecule has 2 rings (SSSR count). The number of halogens is 2. The summed E-state index contributed by atoms with van der Waals surface area (Å²) < 4.78 is 31.0. The Morgan fingerprint density at radius 1 is 1.29 bits per heavy atom. The lowest BCUT2D eigenvalue weighted by Gasteiger charge is -2.20. The Bertz CT molecular complexity index is 572. The van der Waals surface area contributed by atoms with E-state index in [1.807, 2.05) is 30.7 Å². The second-order valence-electron chi connectivity index (χ2n) is 4.51. The fourth-order valence-electron chi connectivity index (χ4n) is 2.32. The summed E-state index contributed by atoms with van der Waals surface area (Å²) >= 11 is 0. The third kappa shape index (κ3) is 3.78. The van der Waals surface area contributed by atoms with E-state index < -0.39 is 6.61 Å². The fraction of sp³-hybridized carbons (Fsp3) is 0.400. The van der Waals surface area contributed by atoms with Crippen LogP contribution in [0.5, 0.6) is 5.75 Å². The maximum absolute atomic E-state index is 12.3. The van der Waals surface area contributed by atoms with Crippen molar-refractivity contribution in [1.29, 1.82) is 0 Å². The molecule has 0 fully saturated rings. The standard InChI is InChI=1S/C15H19F2N3O/c1-3-18-14(13-8-9-19-20(13)4-2)11-6-5-7-12(10-11)21-15(16)17/h5-10,14-15,18H,3-4H2,1-2H3. The molecule has 0 aliphatic carbocycles. The average Bonchev–Trinajstić information content (AvgIpc) is 2.92. The van der Waals surface area contributed by atoms with Gasteiger partial charge in [0.05, 0.1) is 11.7 Å². The van der Waals surface area contributed by atoms with Crippen molar-refractivity contribution in [3.63, 3.8) is 0 Å². The van der Waals surface area contributed by atoms with Gasteiger partial charge in [0.15, 0.2) is 0 Å². The van der Waals surface area contributed by atoms with E-state index in [4.69, 9.17) is 0 Å². The molecule has 0 saturated carbocycles. The molecule has 0 amide bonds. The van der Waals surface area contributed by atoms with Gasteiger partial charge in [0.2, 0.25) is 0 Å². The molecule has 114 valence electrons. The molecule has 0 aliphatic rings. The van der Waals surface area contributed by atoms with Crippen molar-refractivity contribution in [2.45, 2.75) is 33.0 Å². The molecule has 0 radical (unpaired) electrons. The van der Waals surface area contributed by atoms with Crippen LogP contribution in [0.15, 0.2) is 36.5 Å². The summed E-state index contributed by atoms with van der Waals surface area (Å²) in [7, 11) is 0. The van der Waals surface area contributed by atoms with Crippen LogP contribution in [0.2, 0.25) is 0 Å². The second kappa shape index (κ2) is 7.17. The van der Waals surface area contributed by atoms with Gasteiger partial charge in [-0.25, -0.2) is 0 Å². The Morgan fingerprint density at radius 2 is 2.10 bits per heavy atom. The highest BCUT2D eigenvalue weighted by Crippen LogP contribution is 2.26. The maximum Gasteiger partial charge on any atom is 0.387 e. The van der Waals surface area contributed by atoms with E-state index in [1.165, 1.54) is 6.07 Å². The van der Waals surface area contributed by atoms with Crippen molar-refractivity contribution in [3.8, 4) is 5.75 Å². The van der Waals surface area contributed by atoms with Crippen molar-refractivity contribution in [1.82, 2.24) is 15.1 Å². The number of rotatable bonds is 7. The molecular formula is C15H19F2N3O. The highest BCUT2D eigenvalue weighted by Gasteiger charge is 2.18. The molecule has 0 spiro atoms. The number of aromatic nitrogens is 2. The summed E-state index contributed by atoms with van der Waals surface area (Å²) in [4.78, 5) is 0. The van der Waals surface area contributed by atoms with E-state index in [0.717, 1.165) is 24.3 Å². The minimum absolute atomic E-state index is 0.112. The van der Waals surface area contributed by atoms with Crippen LogP contribution in [0.25, 0.3) is 0 Å². The number of ether oxygens (including phenoxy) is 1. The number of alkyl halides is 2. The highest BCUT2D eigenvalue weighted by molar-refractivity contribution is 5.34. The Morgan fingerprint density at radius 3 is 2.76 bits per heavy atom. The third-order valence-corrected chi connectivity index (χ3v) is 3.17. The van der Waals surface area contributed by atoms with Gasteiger partial charge in [0.25, 0.3) is 0 Å². The average molecular weight is 295 g/mol. The van der Waals surface area contributed by atoms with Crippen molar-refractivity contribution < 1.29 is 13.5 Å². The number of hydrogen-bond donors (Lipinski definition) is 1. The lowest BCUT2D eigenvalue weighted by atomic mass is 10.0. The SMILES string of the molecule is CCNC(c1cccc(OC(F)F)c1)c1ccnn1CC. The van der Waals surface area contributed by atoms with Crippen molar-refractivity contribution >= 4 is 0 Å². The van der Waals surface area contributed by atoms with Gasteiger partial charge in [-0.1, -0.05) is 19.1 Å². The van der Waals surface area contributed by atoms with Crippen molar-refractivity contribution in [3.05, 3.63) is 47.8 Å². The van der Waals surface area contributed by atoms with E-state index >= 15 is 0 Å². The molecule has 21 heavy (non-hydrogen) atoms. The zero-order chi connectivity index (χ0) is 15.2. The van der Waals surface area contributed by atoms with Gasteiger partial charge in [-0.05, 0) is 37.2 Å². The second-order valence-corrected chi connectivity index (χ2v) is 4.51. The van der Waals surface area contributed by atoms with E-state index in [2.05, 4.69) is 15.2 Å². The molecule has 0 aliphatic heterocycles. The first kappa shape index (κ1) is 15.4. The van der Waals surface area contributed by atoms with Crippen LogP contribution in [0.3, 0.4) is 0 Å². The first-order chi connectivity index (χ1) is 10.2. The monoisotopic (exact) mass is 295 g/mol. The van der Waals surface area contributed by atoms with Crippen LogP contribution < -0.4 is 10.1 Å². The predicted octanol–water partition coefficient (Wildman–Crippen LogP) is 3.20. The summed E-state index contributed by atoms with van der Waals surface area (Å²) in [6.07, 6.45) is 1.74. The van der Waals surface area contributed by atoms with Gasteiger partial charge in [-0.3, -0.25) is 4.68 Å². The fourth-order valence-corrected chi connectivity index (χ4v) is 2.32. The summed E-state index contributed by atoms with van der Waals surface area (Å²) in [5, 5.41) is 7.61. The van der Waals surface area contributed by atoms with Gasteiger partial charge in [0.1, 0.15) is 5.75 Å². The summed E-state index contributed by atoms with van der Waals surface area (Å²) in [5.41, 5.74) is 1.86. The Balaban J connectivity index is 2.34. The van der Waals surface area contributed by atoms with Crippen molar-refractivity contribution in [2.75, 3.05) is 6.54 Å². The number of nitrogens with zero attached hydrogens (tertiary/aromatic N) is 2. The summed E-state index contributed by atoms with van der Waals surface area (Å²) in [6.45, 7) is 2.69. The molecule has 2 aromatic rings. The molecule has 1 N–H and O–H groups in total. The minimum atomic E-state index is -2.82. The van der Waals surface area contributed by atoms with Crippen molar-refractivity contribution in [2.24, 2.45) is 0 Å². The molecule has 6 heteroatoms. The topological polar surface area (TPSA) is 39.1 Å². The first-order valence-corrected chi connectivity index (χ1v) is 6.95. The van der Waals surface area contributed by atoms with Crippen LogP contribution in [0, 0.1) is 0 Å². The van der Waals surface area contributed by atoms with Gasteiger partial charge >= 0.3 is 6.61 Å². The van der Waals surface area contributed by atoms with E-state index in [1.54, 1.807) is 18.3 Å². The zero-order valence-corrected chi connectivity index (χ0v) is 12.1. The third-order valence-electron chi connectivity index (χ3n) is 3.17. The summed E-state index contributed by atoms with van der Waals surface area (Å²) in [5.74, 6) is 0.160. The molecule has 1 aromatic carbocycles. The maximum atomic E-state index is 12.3. The quantitative estimate of drug-likeness (QED) is 0.852. The Labute approximate surface area is 122 Å². The molecule has 0 bridgehead atoms. The summed E-state index contributed by atoms with van der Waals surface area (Å²) in [6, 6.07) is 8.57. The molecule has 0 saturated heterocycles. The first-order valence-electron chi connectivity index (χ1n) is 6.95. The Hall–Kier alpha value is -1.95. The van der Waals surface area contributed by atoms with Crippen LogP contribution in [-0.4, -0.2) is 22.9 Å². The molecule has 1 atom stereocenters. The van der Waals surface area contributed by atoms with Gasteiger partial charge in [0, 0.05) is 12.7 Å². The molecule has 4 nitrogen and oxygen atoms in total. The number of aryl methyl sites for hydroxylation is 1. The molecule has 1 aromatic heterocycles. The predicted molar refractivity (Wildman–Crippen MR) is 76.5 cm³/mol. The lowest BCUT2D eigenvalue weighted by molar-refractivity contribution is -0.0498. The number of hydrogen-bond acceptors (Lipinski definition) is 3. The number of nitrogens with one attached hydrogen (secondary N) is 1. The zero-order valence-electron chi connectivity index (χ0n) is 12.1. The van der Waals surface area contributed by atoms with E-state index in [9.17, 15) is 8.78 Å². The largest absolute Gasteiger partial charge is 0.435 e. The lowest BCUT2D eigenvalue weighted by Crippen LogP contribution is -2.24. The van der Waals surface area contributed by atoms with E-state index in [-0.39, 0.29) is 11.8 Å². The van der Waals surface area contributed by atoms with Gasteiger partial charge < -0.3 is 10.1 Å². The van der Waals surface area contributed by atoms with Crippen LogP contribution >= 0.6 is 0 Å². The molecular weight excluding hydrogens is 276 g/mol. The highest BCUT2D eigenvalue weighted by atomic mass is 19.3. The van der Waals surface area contributed by atoms with Crippen LogP contribution in [-0.2, 0) is 6.54 Å². The van der Waals surface area contributed by atoms with Gasteiger partial charge in [-0.2, -0.15) is 13.9 Å². The Kier molecular flexibility index (Phi) is 5.27. The minimum Gasteiger partial charge on any atom is -0.435 e. The molecule has 1 unspecified atom stereocenters. The number of benzene rings is 1. The van der Waals surface area contributed by atoms with Gasteiger partial charge in [-0.15, -0.1) is 0 Å². The van der Waals surface area contributed by atoms with E-state index in [0.29, 0.717) is 0 Å². The van der Waals surface area contributed by atoms with Crippen LogP contribution in [0.1, 0.15) is 31.1 Å². The molecule has 1 heterocycles.